The molecule has 0 saturated carbocycles. The van der Waals surface area contributed by atoms with Gasteiger partial charge in [-0.05, 0) is 36.4 Å². The first-order chi connectivity index (χ1) is 13.9. The zero-order chi connectivity index (χ0) is 21.0. The number of nitrogens with zero attached hydrogens (tertiary/aromatic N) is 2. The van der Waals surface area contributed by atoms with Crippen molar-refractivity contribution in [1.82, 2.24) is 0 Å². The second-order valence-corrected chi connectivity index (χ2v) is 6.66. The first-order valence-corrected chi connectivity index (χ1v) is 8.85. The summed E-state index contributed by atoms with van der Waals surface area (Å²) in [6.07, 6.45) is 1.27. The van der Waals surface area contributed by atoms with Gasteiger partial charge >= 0.3 is 0 Å². The van der Waals surface area contributed by atoms with E-state index in [0.29, 0.717) is 21.4 Å². The fourth-order valence-corrected chi connectivity index (χ4v) is 2.99. The number of nitro groups is 1. The Kier molecular flexibility index (Phi) is 5.98. The van der Waals surface area contributed by atoms with Crippen LogP contribution in [-0.2, 0) is 4.79 Å². The van der Waals surface area contributed by atoms with E-state index in [4.69, 9.17) is 27.6 Å². The van der Waals surface area contributed by atoms with Gasteiger partial charge in [0.25, 0.3) is 11.6 Å². The van der Waals surface area contributed by atoms with Crippen LogP contribution in [0.3, 0.4) is 0 Å². The van der Waals surface area contributed by atoms with Crippen LogP contribution in [0.15, 0.2) is 64.6 Å². The number of carbonyl (C=O) groups excluding carboxylic acids is 1. The summed E-state index contributed by atoms with van der Waals surface area (Å²) in [7, 11) is 0. The average molecular weight is 428 g/mol. The third-order valence-corrected chi connectivity index (χ3v) is 4.18. The lowest BCUT2D eigenvalue weighted by Gasteiger charge is -2.03. The van der Waals surface area contributed by atoms with E-state index in [1.807, 2.05) is 0 Å². The van der Waals surface area contributed by atoms with Gasteiger partial charge in [-0.2, -0.15) is 5.26 Å². The summed E-state index contributed by atoms with van der Waals surface area (Å²) in [6, 6.07) is 15.3. The molecule has 0 atom stereocenters. The summed E-state index contributed by atoms with van der Waals surface area (Å²) in [5.74, 6) is -0.00406. The Morgan fingerprint density at radius 3 is 2.52 bits per heavy atom. The van der Waals surface area contributed by atoms with E-state index in [-0.39, 0.29) is 22.7 Å². The van der Waals surface area contributed by atoms with Crippen LogP contribution in [-0.4, -0.2) is 10.8 Å². The molecule has 1 aromatic heterocycles. The van der Waals surface area contributed by atoms with Gasteiger partial charge in [0.2, 0.25) is 0 Å². The lowest BCUT2D eigenvalue weighted by atomic mass is 10.2. The molecule has 0 bridgehead atoms. The maximum absolute atomic E-state index is 12.3. The van der Waals surface area contributed by atoms with E-state index < -0.39 is 10.8 Å². The molecule has 9 heteroatoms. The number of nitrogens with one attached hydrogen (secondary N) is 1. The second kappa shape index (κ2) is 8.61. The van der Waals surface area contributed by atoms with Gasteiger partial charge in [0, 0.05) is 39.5 Å². The highest BCUT2D eigenvalue weighted by Crippen LogP contribution is 2.29. The largest absolute Gasteiger partial charge is 0.457 e. The van der Waals surface area contributed by atoms with Crippen LogP contribution in [0.4, 0.5) is 11.4 Å². The summed E-state index contributed by atoms with van der Waals surface area (Å²) >= 11 is 12.0. The van der Waals surface area contributed by atoms with Gasteiger partial charge in [-0.25, -0.2) is 0 Å². The van der Waals surface area contributed by atoms with E-state index in [1.165, 1.54) is 30.3 Å². The SMILES string of the molecule is N#C/C(=C\c1ccc(-c2cc(Cl)cc(Cl)c2)o1)C(=O)Nc1cccc([N+](=O)[O-])c1. The Morgan fingerprint density at radius 2 is 1.86 bits per heavy atom. The van der Waals surface area contributed by atoms with Gasteiger partial charge in [-0.3, -0.25) is 14.9 Å². The van der Waals surface area contributed by atoms with Gasteiger partial charge in [0.15, 0.2) is 0 Å². The minimum absolute atomic E-state index is 0.179. The maximum Gasteiger partial charge on any atom is 0.271 e. The molecule has 1 N–H and O–H groups in total. The first-order valence-electron chi connectivity index (χ1n) is 8.09. The van der Waals surface area contributed by atoms with Crippen LogP contribution in [0.1, 0.15) is 5.76 Å². The van der Waals surface area contributed by atoms with Gasteiger partial charge in [-0.1, -0.05) is 29.3 Å². The molecule has 0 unspecified atom stereocenters. The zero-order valence-electron chi connectivity index (χ0n) is 14.6. The molecule has 0 aliphatic heterocycles. The van der Waals surface area contributed by atoms with E-state index in [2.05, 4.69) is 5.32 Å². The van der Waals surface area contributed by atoms with E-state index in [9.17, 15) is 20.2 Å². The van der Waals surface area contributed by atoms with Crippen molar-refractivity contribution < 1.29 is 14.1 Å². The van der Waals surface area contributed by atoms with E-state index >= 15 is 0 Å². The minimum Gasteiger partial charge on any atom is -0.457 e. The summed E-state index contributed by atoms with van der Waals surface area (Å²) in [5, 5.41) is 23.5. The number of non-ortho nitro benzene ring substituents is 1. The molecule has 1 amide bonds. The Bertz CT molecular complexity index is 1160. The summed E-state index contributed by atoms with van der Waals surface area (Å²) in [4.78, 5) is 22.6. The molecule has 0 spiro atoms. The van der Waals surface area contributed by atoms with Crippen molar-refractivity contribution in [3.05, 3.63) is 86.1 Å². The van der Waals surface area contributed by atoms with Crippen molar-refractivity contribution in [3.63, 3.8) is 0 Å². The van der Waals surface area contributed by atoms with Gasteiger partial charge in [-0.15, -0.1) is 0 Å². The highest BCUT2D eigenvalue weighted by molar-refractivity contribution is 6.35. The van der Waals surface area contributed by atoms with Gasteiger partial charge in [0.05, 0.1) is 4.92 Å². The standard InChI is InChI=1S/C20H11Cl2N3O4/c21-14-6-12(7-15(22)9-14)19-5-4-18(29-19)8-13(11-23)20(26)24-16-2-1-3-17(10-16)25(27)28/h1-10H,(H,24,26)/b13-8+. The fourth-order valence-electron chi connectivity index (χ4n) is 2.47. The molecule has 0 aliphatic carbocycles. The average Bonchev–Trinajstić information content (AvgIpc) is 3.14. The third-order valence-electron chi connectivity index (χ3n) is 3.74. The molecule has 0 saturated heterocycles. The van der Waals surface area contributed by atoms with Crippen LogP contribution in [0.25, 0.3) is 17.4 Å². The van der Waals surface area contributed by atoms with E-state index in [0.717, 1.165) is 0 Å². The molecule has 0 radical (unpaired) electrons. The molecule has 1 heterocycles. The van der Waals surface area contributed by atoms with Crippen molar-refractivity contribution in [2.24, 2.45) is 0 Å². The number of nitriles is 1. The van der Waals surface area contributed by atoms with E-state index in [1.54, 1.807) is 36.4 Å². The molecule has 29 heavy (non-hydrogen) atoms. The Hall–Kier alpha value is -3.60. The number of rotatable bonds is 5. The molecule has 144 valence electrons. The van der Waals surface area contributed by atoms with Crippen molar-refractivity contribution in [2.45, 2.75) is 0 Å². The highest BCUT2D eigenvalue weighted by Gasteiger charge is 2.14. The molecule has 0 aliphatic rings. The Morgan fingerprint density at radius 1 is 1.14 bits per heavy atom. The van der Waals surface area contributed by atoms with Crippen LogP contribution in [0.2, 0.25) is 10.0 Å². The predicted molar refractivity (Wildman–Crippen MR) is 109 cm³/mol. The molecule has 2 aromatic carbocycles. The van der Waals surface area contributed by atoms with Crippen molar-refractivity contribution in [2.75, 3.05) is 5.32 Å². The monoisotopic (exact) mass is 427 g/mol. The number of hydrogen-bond donors (Lipinski definition) is 1. The number of nitro benzene ring substituents is 1. The van der Waals surface area contributed by atoms with Crippen LogP contribution in [0.5, 0.6) is 0 Å². The number of furan rings is 1. The molecule has 0 fully saturated rings. The lowest BCUT2D eigenvalue weighted by molar-refractivity contribution is -0.384. The minimum atomic E-state index is -0.725. The van der Waals surface area contributed by atoms with Crippen molar-refractivity contribution in [1.29, 1.82) is 5.26 Å². The number of carbonyl (C=O) groups is 1. The number of halogens is 2. The zero-order valence-corrected chi connectivity index (χ0v) is 16.1. The molecule has 3 aromatic rings. The predicted octanol–water partition coefficient (Wildman–Crippen LogP) is 5.71. The smallest absolute Gasteiger partial charge is 0.271 e. The quantitative estimate of drug-likeness (QED) is 0.242. The van der Waals surface area contributed by atoms with Crippen molar-refractivity contribution in [3.8, 4) is 17.4 Å². The van der Waals surface area contributed by atoms with Gasteiger partial charge in [0.1, 0.15) is 23.2 Å². The molecular formula is C20H11Cl2N3O4. The normalized spacial score (nSPS) is 11.0. The van der Waals surface area contributed by atoms with Crippen LogP contribution < -0.4 is 5.32 Å². The second-order valence-electron chi connectivity index (χ2n) is 5.79. The summed E-state index contributed by atoms with van der Waals surface area (Å²) in [6.45, 7) is 0. The lowest BCUT2D eigenvalue weighted by Crippen LogP contribution is -2.13. The molecule has 3 rings (SSSR count). The first kappa shape index (κ1) is 20.1. The number of anilines is 1. The van der Waals surface area contributed by atoms with Gasteiger partial charge < -0.3 is 9.73 Å². The van der Waals surface area contributed by atoms with Crippen LogP contribution >= 0.6 is 23.2 Å². The number of amides is 1. The Balaban J connectivity index is 1.82. The third kappa shape index (κ3) is 5.02. The van der Waals surface area contributed by atoms with Crippen LogP contribution in [0, 0.1) is 21.4 Å². The highest BCUT2D eigenvalue weighted by atomic mass is 35.5. The number of hydrogen-bond acceptors (Lipinski definition) is 5. The topological polar surface area (TPSA) is 109 Å². The fraction of sp³-hybridized carbons (Fsp3) is 0. The summed E-state index contributed by atoms with van der Waals surface area (Å²) in [5.41, 5.74) is 0.420. The number of benzene rings is 2. The Labute approximate surface area is 174 Å². The van der Waals surface area contributed by atoms with Crippen molar-refractivity contribution >= 4 is 46.6 Å². The maximum atomic E-state index is 12.3. The molecular weight excluding hydrogens is 417 g/mol. The summed E-state index contributed by atoms with van der Waals surface area (Å²) < 4.78 is 5.65. The molecule has 7 nitrogen and oxygen atoms in total.